The van der Waals surface area contributed by atoms with Crippen molar-refractivity contribution in [3.63, 3.8) is 0 Å². The van der Waals surface area contributed by atoms with E-state index in [4.69, 9.17) is 5.73 Å². The number of carbonyl (C=O) groups excluding carboxylic acids is 2. The van der Waals surface area contributed by atoms with Gasteiger partial charge in [-0.25, -0.2) is 0 Å². The fourth-order valence-electron chi connectivity index (χ4n) is 2.42. The van der Waals surface area contributed by atoms with Crippen molar-refractivity contribution in [1.29, 1.82) is 0 Å². The number of hydrogen-bond acceptors (Lipinski definition) is 3. The smallest absolute Gasteiger partial charge is 0.270 e. The Kier molecular flexibility index (Phi) is 5.54. The van der Waals surface area contributed by atoms with Crippen LogP contribution in [0.1, 0.15) is 26.4 Å². The third-order valence-electron chi connectivity index (χ3n) is 3.68. The third-order valence-corrected chi connectivity index (χ3v) is 3.68. The number of rotatable bonds is 7. The number of aliphatic hydroxyl groups excluding tert-OH is 1. The molecule has 0 fully saturated rings. The zero-order valence-electron chi connectivity index (χ0n) is 13.1. The highest BCUT2D eigenvalue weighted by Crippen LogP contribution is 2.11. The molecule has 0 unspecified atom stereocenters. The standard InChI is InChI=1S/C17H21N3O3/c1-19-12-14(16(18)22)11-15(19)17(23)20(9-10-21)8-7-13-5-3-2-4-6-13/h2-6,11-12,21H,7-10H2,1H3,(H2,18,22). The van der Waals surface area contributed by atoms with Gasteiger partial charge in [0.1, 0.15) is 5.69 Å². The monoisotopic (exact) mass is 315 g/mol. The molecule has 1 aromatic carbocycles. The Hall–Kier alpha value is -2.60. The van der Waals surface area contributed by atoms with Crippen molar-refractivity contribution in [3.05, 3.63) is 59.4 Å². The van der Waals surface area contributed by atoms with Crippen LogP contribution >= 0.6 is 0 Å². The Morgan fingerprint density at radius 3 is 2.48 bits per heavy atom. The van der Waals surface area contributed by atoms with Crippen LogP contribution in [-0.2, 0) is 13.5 Å². The van der Waals surface area contributed by atoms with Crippen molar-refractivity contribution in [2.75, 3.05) is 19.7 Å². The molecule has 23 heavy (non-hydrogen) atoms. The Bertz CT molecular complexity index is 680. The molecule has 6 nitrogen and oxygen atoms in total. The Morgan fingerprint density at radius 2 is 1.91 bits per heavy atom. The predicted octanol–water partition coefficient (Wildman–Crippen LogP) is 0.801. The van der Waals surface area contributed by atoms with E-state index < -0.39 is 5.91 Å². The number of nitrogens with two attached hydrogens (primary N) is 1. The van der Waals surface area contributed by atoms with Crippen molar-refractivity contribution in [2.45, 2.75) is 6.42 Å². The molecule has 0 aliphatic carbocycles. The minimum absolute atomic E-state index is 0.117. The second-order valence-corrected chi connectivity index (χ2v) is 5.34. The SMILES string of the molecule is Cn1cc(C(N)=O)cc1C(=O)N(CCO)CCc1ccccc1. The topological polar surface area (TPSA) is 88.6 Å². The molecule has 0 radical (unpaired) electrons. The summed E-state index contributed by atoms with van der Waals surface area (Å²) < 4.78 is 1.58. The van der Waals surface area contributed by atoms with Crippen molar-refractivity contribution >= 4 is 11.8 Å². The van der Waals surface area contributed by atoms with Crippen molar-refractivity contribution in [3.8, 4) is 0 Å². The van der Waals surface area contributed by atoms with Crippen molar-refractivity contribution in [2.24, 2.45) is 12.8 Å². The number of aliphatic hydroxyl groups is 1. The first-order valence-electron chi connectivity index (χ1n) is 7.43. The Labute approximate surface area is 135 Å². The molecule has 6 heteroatoms. The summed E-state index contributed by atoms with van der Waals surface area (Å²) in [5.74, 6) is -0.803. The van der Waals surface area contributed by atoms with Gasteiger partial charge in [0, 0.05) is 26.3 Å². The quantitative estimate of drug-likeness (QED) is 0.792. The van der Waals surface area contributed by atoms with Gasteiger partial charge < -0.3 is 20.3 Å². The van der Waals surface area contributed by atoms with Gasteiger partial charge in [0.25, 0.3) is 5.91 Å². The van der Waals surface area contributed by atoms with E-state index in [0.717, 1.165) is 5.56 Å². The van der Waals surface area contributed by atoms with Gasteiger partial charge in [-0.15, -0.1) is 0 Å². The summed E-state index contributed by atoms with van der Waals surface area (Å²) in [6.45, 7) is 0.608. The van der Waals surface area contributed by atoms with Gasteiger partial charge in [-0.3, -0.25) is 9.59 Å². The molecule has 3 N–H and O–H groups in total. The summed E-state index contributed by atoms with van der Waals surface area (Å²) in [7, 11) is 1.69. The first-order valence-corrected chi connectivity index (χ1v) is 7.43. The molecule has 0 spiro atoms. The number of carbonyl (C=O) groups is 2. The molecule has 2 aromatic rings. The Balaban J connectivity index is 2.13. The maximum atomic E-state index is 12.7. The van der Waals surface area contributed by atoms with E-state index >= 15 is 0 Å². The zero-order valence-corrected chi connectivity index (χ0v) is 13.1. The lowest BCUT2D eigenvalue weighted by Crippen LogP contribution is -2.36. The molecule has 0 atom stereocenters. The van der Waals surface area contributed by atoms with Gasteiger partial charge in [-0.2, -0.15) is 0 Å². The number of aryl methyl sites for hydroxylation is 1. The van der Waals surface area contributed by atoms with Crippen LogP contribution in [0.25, 0.3) is 0 Å². The molecule has 1 heterocycles. The molecule has 0 saturated carbocycles. The van der Waals surface area contributed by atoms with Gasteiger partial charge in [-0.1, -0.05) is 30.3 Å². The average Bonchev–Trinajstić information content (AvgIpc) is 2.94. The average molecular weight is 315 g/mol. The Morgan fingerprint density at radius 1 is 1.22 bits per heavy atom. The van der Waals surface area contributed by atoms with Crippen molar-refractivity contribution < 1.29 is 14.7 Å². The molecule has 2 amide bonds. The molecule has 0 aliphatic rings. The third kappa shape index (κ3) is 4.20. The molecular formula is C17H21N3O3. The summed E-state index contributed by atoms with van der Waals surface area (Å²) in [6, 6.07) is 11.3. The fourth-order valence-corrected chi connectivity index (χ4v) is 2.42. The molecule has 1 aromatic heterocycles. The predicted molar refractivity (Wildman–Crippen MR) is 87.1 cm³/mol. The molecule has 0 bridgehead atoms. The number of aromatic nitrogens is 1. The van der Waals surface area contributed by atoms with E-state index in [0.29, 0.717) is 24.2 Å². The van der Waals surface area contributed by atoms with Gasteiger partial charge in [0.15, 0.2) is 0 Å². The summed E-state index contributed by atoms with van der Waals surface area (Å²) >= 11 is 0. The highest BCUT2D eigenvalue weighted by atomic mass is 16.3. The van der Waals surface area contributed by atoms with Crippen molar-refractivity contribution in [1.82, 2.24) is 9.47 Å². The second kappa shape index (κ2) is 7.60. The molecule has 0 saturated heterocycles. The molecule has 0 aliphatic heterocycles. The van der Waals surface area contributed by atoms with Crippen LogP contribution in [0, 0.1) is 0 Å². The van der Waals surface area contributed by atoms with E-state index in [2.05, 4.69) is 0 Å². The zero-order chi connectivity index (χ0) is 16.8. The van der Waals surface area contributed by atoms with Crippen LogP contribution in [-0.4, -0.2) is 46.1 Å². The lowest BCUT2D eigenvalue weighted by atomic mass is 10.1. The number of nitrogens with zero attached hydrogens (tertiary/aromatic N) is 2. The second-order valence-electron chi connectivity index (χ2n) is 5.34. The van der Waals surface area contributed by atoms with E-state index in [1.165, 1.54) is 12.3 Å². The van der Waals surface area contributed by atoms with Crippen LogP contribution in [0.5, 0.6) is 0 Å². The van der Waals surface area contributed by atoms with Crippen LogP contribution < -0.4 is 5.73 Å². The highest BCUT2D eigenvalue weighted by Gasteiger charge is 2.20. The maximum absolute atomic E-state index is 12.7. The van der Waals surface area contributed by atoms with E-state index in [9.17, 15) is 14.7 Å². The van der Waals surface area contributed by atoms with Gasteiger partial charge in [0.2, 0.25) is 5.91 Å². The van der Waals surface area contributed by atoms with E-state index in [1.807, 2.05) is 30.3 Å². The molecule has 122 valence electrons. The van der Waals surface area contributed by atoms with Gasteiger partial charge >= 0.3 is 0 Å². The minimum atomic E-state index is -0.572. The number of primary amides is 1. The van der Waals surface area contributed by atoms with Crippen LogP contribution in [0.3, 0.4) is 0 Å². The summed E-state index contributed by atoms with van der Waals surface area (Å²) in [6.07, 6.45) is 2.23. The minimum Gasteiger partial charge on any atom is -0.395 e. The van der Waals surface area contributed by atoms with Crippen LogP contribution in [0.15, 0.2) is 42.6 Å². The fraction of sp³-hybridized carbons (Fsp3) is 0.294. The largest absolute Gasteiger partial charge is 0.395 e. The lowest BCUT2D eigenvalue weighted by Gasteiger charge is -2.22. The van der Waals surface area contributed by atoms with Gasteiger partial charge in [-0.05, 0) is 18.1 Å². The lowest BCUT2D eigenvalue weighted by molar-refractivity contribution is 0.0714. The summed E-state index contributed by atoms with van der Waals surface area (Å²) in [4.78, 5) is 25.5. The van der Waals surface area contributed by atoms with Gasteiger partial charge in [0.05, 0.1) is 12.2 Å². The summed E-state index contributed by atoms with van der Waals surface area (Å²) in [5.41, 5.74) is 7.04. The molecular weight excluding hydrogens is 294 g/mol. The number of amides is 2. The first-order chi connectivity index (χ1) is 11.0. The van der Waals surface area contributed by atoms with Crippen LogP contribution in [0.4, 0.5) is 0 Å². The summed E-state index contributed by atoms with van der Waals surface area (Å²) in [5, 5.41) is 9.22. The molecule has 2 rings (SSSR count). The maximum Gasteiger partial charge on any atom is 0.270 e. The van der Waals surface area contributed by atoms with Crippen LogP contribution in [0.2, 0.25) is 0 Å². The van der Waals surface area contributed by atoms with E-state index in [1.54, 1.807) is 16.5 Å². The van der Waals surface area contributed by atoms with E-state index in [-0.39, 0.29) is 19.1 Å². The number of hydrogen-bond donors (Lipinski definition) is 2. The number of benzene rings is 1. The normalized spacial score (nSPS) is 10.5. The first kappa shape index (κ1) is 16.8. The highest BCUT2D eigenvalue weighted by molar-refractivity contribution is 5.98.